The molecule has 0 bridgehead atoms. The Balaban J connectivity index is 2.46. The first-order valence-electron chi connectivity index (χ1n) is 7.25. The fourth-order valence-corrected chi connectivity index (χ4v) is 2.37. The molecule has 4 heteroatoms. The third-order valence-electron chi connectivity index (χ3n) is 3.74. The van der Waals surface area contributed by atoms with Crippen molar-refractivity contribution in [2.45, 2.75) is 53.6 Å². The third kappa shape index (κ3) is 3.66. The van der Waals surface area contributed by atoms with Crippen LogP contribution in [0.15, 0.2) is 18.2 Å². The van der Waals surface area contributed by atoms with Crippen LogP contribution in [0.3, 0.4) is 0 Å². The van der Waals surface area contributed by atoms with Crippen molar-refractivity contribution >= 4 is 11.6 Å². The molecule has 0 radical (unpaired) electrons. The van der Waals surface area contributed by atoms with Gasteiger partial charge in [0.05, 0.1) is 11.4 Å². The molecule has 0 aliphatic carbocycles. The Bertz CT molecular complexity index is 651. The van der Waals surface area contributed by atoms with E-state index in [1.807, 2.05) is 23.7 Å². The first kappa shape index (κ1) is 16.1. The Morgan fingerprint density at radius 2 is 1.86 bits per heavy atom. The molecule has 2 aromatic rings. The van der Waals surface area contributed by atoms with Crippen molar-refractivity contribution in [1.29, 1.82) is 0 Å². The highest BCUT2D eigenvalue weighted by Gasteiger charge is 2.15. The standard InChI is InChI=1S/C17H24ClN3/c1-11-12(2)20-21(13(11)3)16-9-15(18)8-7-14(16)10-19-17(4,5)6/h7-9,19H,10H2,1-6H3. The predicted molar refractivity (Wildman–Crippen MR) is 89.4 cm³/mol. The minimum absolute atomic E-state index is 0.0713. The lowest BCUT2D eigenvalue weighted by Gasteiger charge is -2.22. The van der Waals surface area contributed by atoms with Crippen LogP contribution < -0.4 is 5.32 Å². The number of hydrogen-bond acceptors (Lipinski definition) is 2. The molecule has 3 nitrogen and oxygen atoms in total. The summed E-state index contributed by atoms with van der Waals surface area (Å²) < 4.78 is 2.00. The zero-order chi connectivity index (χ0) is 15.8. The monoisotopic (exact) mass is 305 g/mol. The Hall–Kier alpha value is -1.32. The molecule has 0 saturated carbocycles. The van der Waals surface area contributed by atoms with Crippen molar-refractivity contribution in [2.75, 3.05) is 0 Å². The fraction of sp³-hybridized carbons (Fsp3) is 0.471. The van der Waals surface area contributed by atoms with E-state index in [-0.39, 0.29) is 5.54 Å². The molecule has 1 heterocycles. The normalized spacial score (nSPS) is 12.0. The molecule has 1 aromatic carbocycles. The van der Waals surface area contributed by atoms with Crippen LogP contribution in [0.2, 0.25) is 5.02 Å². The summed E-state index contributed by atoms with van der Waals surface area (Å²) >= 11 is 6.19. The Labute approximate surface area is 132 Å². The van der Waals surface area contributed by atoms with E-state index in [4.69, 9.17) is 11.6 Å². The first-order valence-corrected chi connectivity index (χ1v) is 7.63. The number of halogens is 1. The quantitative estimate of drug-likeness (QED) is 0.914. The lowest BCUT2D eigenvalue weighted by atomic mass is 10.1. The van der Waals surface area contributed by atoms with Crippen LogP contribution in [-0.2, 0) is 6.54 Å². The van der Waals surface area contributed by atoms with Crippen molar-refractivity contribution in [3.8, 4) is 5.69 Å². The van der Waals surface area contributed by atoms with Gasteiger partial charge in [0.15, 0.2) is 0 Å². The van der Waals surface area contributed by atoms with Crippen LogP contribution in [0.25, 0.3) is 5.69 Å². The minimum atomic E-state index is 0.0713. The van der Waals surface area contributed by atoms with Gasteiger partial charge in [0.2, 0.25) is 0 Å². The number of aromatic nitrogens is 2. The van der Waals surface area contributed by atoms with E-state index in [0.717, 1.165) is 28.6 Å². The molecule has 0 atom stereocenters. The average molecular weight is 306 g/mol. The number of benzene rings is 1. The lowest BCUT2D eigenvalue weighted by Crippen LogP contribution is -2.35. The van der Waals surface area contributed by atoms with Crippen LogP contribution in [0, 0.1) is 20.8 Å². The maximum Gasteiger partial charge on any atom is 0.0708 e. The highest BCUT2D eigenvalue weighted by atomic mass is 35.5. The summed E-state index contributed by atoms with van der Waals surface area (Å²) in [5.41, 5.74) is 5.76. The molecular formula is C17H24ClN3. The molecular weight excluding hydrogens is 282 g/mol. The first-order chi connectivity index (χ1) is 9.69. The van der Waals surface area contributed by atoms with Crippen molar-refractivity contribution in [2.24, 2.45) is 0 Å². The van der Waals surface area contributed by atoms with E-state index in [1.54, 1.807) is 0 Å². The zero-order valence-corrected chi connectivity index (χ0v) is 14.5. The van der Waals surface area contributed by atoms with Crippen LogP contribution in [-0.4, -0.2) is 15.3 Å². The topological polar surface area (TPSA) is 29.9 Å². The molecule has 0 saturated heterocycles. The van der Waals surface area contributed by atoms with Gasteiger partial charge in [-0.05, 0) is 64.8 Å². The average Bonchev–Trinajstić information content (AvgIpc) is 2.64. The summed E-state index contributed by atoms with van der Waals surface area (Å²) in [6, 6.07) is 5.99. The van der Waals surface area contributed by atoms with Crippen LogP contribution in [0.5, 0.6) is 0 Å². The van der Waals surface area contributed by atoms with Crippen LogP contribution >= 0.6 is 11.6 Å². The second-order valence-electron chi connectivity index (χ2n) is 6.58. The molecule has 0 aliphatic rings. The van der Waals surface area contributed by atoms with E-state index in [1.165, 1.54) is 11.1 Å². The maximum absolute atomic E-state index is 6.19. The van der Waals surface area contributed by atoms with Gasteiger partial charge in [0, 0.05) is 22.8 Å². The molecule has 0 amide bonds. The molecule has 1 N–H and O–H groups in total. The summed E-state index contributed by atoms with van der Waals surface area (Å²) in [7, 11) is 0. The van der Waals surface area contributed by atoms with Gasteiger partial charge in [-0.25, -0.2) is 4.68 Å². The van der Waals surface area contributed by atoms with Crippen molar-refractivity contribution in [1.82, 2.24) is 15.1 Å². The van der Waals surface area contributed by atoms with E-state index < -0.39 is 0 Å². The number of nitrogens with zero attached hydrogens (tertiary/aromatic N) is 2. The molecule has 2 rings (SSSR count). The summed E-state index contributed by atoms with van der Waals surface area (Å²) in [5, 5.41) is 8.91. The number of hydrogen-bond donors (Lipinski definition) is 1. The summed E-state index contributed by atoms with van der Waals surface area (Å²) in [6.45, 7) is 13.5. The van der Waals surface area contributed by atoms with Gasteiger partial charge in [-0.3, -0.25) is 0 Å². The zero-order valence-electron chi connectivity index (χ0n) is 13.7. The van der Waals surface area contributed by atoms with Crippen molar-refractivity contribution in [3.05, 3.63) is 45.7 Å². The van der Waals surface area contributed by atoms with Gasteiger partial charge in [-0.1, -0.05) is 17.7 Å². The van der Waals surface area contributed by atoms with Gasteiger partial charge in [-0.15, -0.1) is 0 Å². The van der Waals surface area contributed by atoms with E-state index in [2.05, 4.69) is 51.1 Å². The highest BCUT2D eigenvalue weighted by molar-refractivity contribution is 6.30. The van der Waals surface area contributed by atoms with E-state index in [0.29, 0.717) is 0 Å². The third-order valence-corrected chi connectivity index (χ3v) is 3.97. The molecule has 1 aromatic heterocycles. The number of aryl methyl sites for hydroxylation is 1. The minimum Gasteiger partial charge on any atom is -0.308 e. The molecule has 0 aliphatic heterocycles. The molecule has 114 valence electrons. The Kier molecular flexibility index (Phi) is 4.45. The van der Waals surface area contributed by atoms with Crippen molar-refractivity contribution < 1.29 is 0 Å². The maximum atomic E-state index is 6.19. The van der Waals surface area contributed by atoms with Crippen LogP contribution in [0.1, 0.15) is 43.3 Å². The number of nitrogens with one attached hydrogen (secondary N) is 1. The highest BCUT2D eigenvalue weighted by Crippen LogP contribution is 2.24. The van der Waals surface area contributed by atoms with Crippen LogP contribution in [0.4, 0.5) is 0 Å². The van der Waals surface area contributed by atoms with E-state index >= 15 is 0 Å². The second kappa shape index (κ2) is 5.82. The number of rotatable bonds is 3. The Morgan fingerprint density at radius 1 is 1.19 bits per heavy atom. The lowest BCUT2D eigenvalue weighted by molar-refractivity contribution is 0.424. The van der Waals surface area contributed by atoms with Gasteiger partial charge in [-0.2, -0.15) is 5.10 Å². The SMILES string of the molecule is Cc1nn(-c2cc(Cl)ccc2CNC(C)(C)C)c(C)c1C. The largest absolute Gasteiger partial charge is 0.308 e. The summed E-state index contributed by atoms with van der Waals surface area (Å²) in [6.07, 6.45) is 0. The molecule has 0 fully saturated rings. The smallest absolute Gasteiger partial charge is 0.0708 e. The van der Waals surface area contributed by atoms with Gasteiger partial charge in [0.25, 0.3) is 0 Å². The van der Waals surface area contributed by atoms with Gasteiger partial charge < -0.3 is 5.32 Å². The predicted octanol–water partition coefficient (Wildman–Crippen LogP) is 4.34. The second-order valence-corrected chi connectivity index (χ2v) is 7.02. The fourth-order valence-electron chi connectivity index (χ4n) is 2.20. The molecule has 0 unspecified atom stereocenters. The Morgan fingerprint density at radius 3 is 2.38 bits per heavy atom. The van der Waals surface area contributed by atoms with Gasteiger partial charge >= 0.3 is 0 Å². The van der Waals surface area contributed by atoms with Gasteiger partial charge in [0.1, 0.15) is 0 Å². The summed E-state index contributed by atoms with van der Waals surface area (Å²) in [4.78, 5) is 0. The van der Waals surface area contributed by atoms with Crippen molar-refractivity contribution in [3.63, 3.8) is 0 Å². The van der Waals surface area contributed by atoms with E-state index in [9.17, 15) is 0 Å². The molecule has 21 heavy (non-hydrogen) atoms. The molecule has 0 spiro atoms. The summed E-state index contributed by atoms with van der Waals surface area (Å²) in [5.74, 6) is 0.